The Kier molecular flexibility index (Phi) is 6.30. The highest BCUT2D eigenvalue weighted by Gasteiger charge is 2.39. The van der Waals surface area contributed by atoms with Crippen molar-refractivity contribution in [3.8, 4) is 5.75 Å². The first-order valence-corrected chi connectivity index (χ1v) is 9.71. The molecular weight excluding hydrogens is 352 g/mol. The lowest BCUT2D eigenvalue weighted by molar-refractivity contribution is -0.151. The second-order valence-electron chi connectivity index (χ2n) is 6.94. The smallest absolute Gasteiger partial charge is 0.317 e. The van der Waals surface area contributed by atoms with E-state index < -0.39 is 11.9 Å². The van der Waals surface area contributed by atoms with Gasteiger partial charge in [-0.05, 0) is 60.2 Å². The van der Waals surface area contributed by atoms with Gasteiger partial charge in [-0.2, -0.15) is 0 Å². The molecule has 0 aromatic heterocycles. The van der Waals surface area contributed by atoms with Crippen molar-refractivity contribution in [2.24, 2.45) is 5.92 Å². The molecule has 146 valence electrons. The van der Waals surface area contributed by atoms with Crippen LogP contribution >= 0.6 is 0 Å². The number of carbonyl (C=O) groups excluding carboxylic acids is 2. The molecule has 0 amide bonds. The maximum Gasteiger partial charge on any atom is 0.317 e. The molecule has 28 heavy (non-hydrogen) atoms. The molecule has 0 spiro atoms. The van der Waals surface area contributed by atoms with Crippen molar-refractivity contribution in [3.05, 3.63) is 71.3 Å². The molecule has 0 bridgehead atoms. The second kappa shape index (κ2) is 8.87. The fourth-order valence-corrected chi connectivity index (χ4v) is 3.70. The predicted octanol–water partition coefficient (Wildman–Crippen LogP) is 4.58. The van der Waals surface area contributed by atoms with Gasteiger partial charge in [-0.25, -0.2) is 0 Å². The number of allylic oxidation sites excluding steroid dienone is 2. The number of methoxy groups -OCH3 is 1. The van der Waals surface area contributed by atoms with Gasteiger partial charge in [0.05, 0.1) is 13.7 Å². The van der Waals surface area contributed by atoms with E-state index in [4.69, 9.17) is 9.47 Å². The number of rotatable bonds is 6. The summed E-state index contributed by atoms with van der Waals surface area (Å²) >= 11 is 0. The molecular formula is C24H26O4. The molecule has 0 heterocycles. The van der Waals surface area contributed by atoms with E-state index in [0.717, 1.165) is 28.9 Å². The van der Waals surface area contributed by atoms with Crippen molar-refractivity contribution in [3.63, 3.8) is 0 Å². The Morgan fingerprint density at radius 1 is 1.04 bits per heavy atom. The van der Waals surface area contributed by atoms with Gasteiger partial charge >= 0.3 is 5.97 Å². The first kappa shape index (κ1) is 19.9. The number of aryl methyl sites for hydroxylation is 1. The number of esters is 1. The summed E-state index contributed by atoms with van der Waals surface area (Å²) in [5, 5.41) is 0. The summed E-state index contributed by atoms with van der Waals surface area (Å²) < 4.78 is 10.4. The number of carbonyl (C=O) groups is 2. The predicted molar refractivity (Wildman–Crippen MR) is 109 cm³/mol. The van der Waals surface area contributed by atoms with Crippen molar-refractivity contribution in [2.45, 2.75) is 32.6 Å². The number of hydrogen-bond acceptors (Lipinski definition) is 4. The van der Waals surface area contributed by atoms with Crippen LogP contribution in [0, 0.1) is 5.92 Å². The maximum absolute atomic E-state index is 12.9. The van der Waals surface area contributed by atoms with Crippen molar-refractivity contribution >= 4 is 17.3 Å². The molecule has 2 aromatic rings. The second-order valence-corrected chi connectivity index (χ2v) is 6.94. The van der Waals surface area contributed by atoms with Crippen LogP contribution in [0.2, 0.25) is 0 Å². The largest absolute Gasteiger partial charge is 0.497 e. The molecule has 4 heteroatoms. The van der Waals surface area contributed by atoms with E-state index in [9.17, 15) is 9.59 Å². The van der Waals surface area contributed by atoms with Gasteiger partial charge in [0.2, 0.25) is 0 Å². The summed E-state index contributed by atoms with van der Waals surface area (Å²) in [6, 6.07) is 15.8. The van der Waals surface area contributed by atoms with Gasteiger partial charge in [0.1, 0.15) is 11.7 Å². The highest BCUT2D eigenvalue weighted by Crippen LogP contribution is 2.40. The van der Waals surface area contributed by atoms with E-state index in [2.05, 4.69) is 19.1 Å². The third-order valence-corrected chi connectivity index (χ3v) is 5.28. The van der Waals surface area contributed by atoms with Crippen molar-refractivity contribution in [1.29, 1.82) is 0 Å². The van der Waals surface area contributed by atoms with E-state index in [0.29, 0.717) is 6.42 Å². The molecule has 4 nitrogen and oxygen atoms in total. The number of ketones is 1. The lowest BCUT2D eigenvalue weighted by atomic mass is 9.73. The Hall–Kier alpha value is -2.88. The molecule has 0 saturated carbocycles. The maximum atomic E-state index is 12.9. The molecule has 0 aliphatic heterocycles. The third kappa shape index (κ3) is 4.16. The lowest BCUT2D eigenvalue weighted by Gasteiger charge is -2.29. The van der Waals surface area contributed by atoms with Gasteiger partial charge in [-0.1, -0.05) is 43.3 Å². The summed E-state index contributed by atoms with van der Waals surface area (Å²) in [6.45, 7) is 4.12. The van der Waals surface area contributed by atoms with Gasteiger partial charge < -0.3 is 9.47 Å². The molecule has 0 radical (unpaired) electrons. The lowest BCUT2D eigenvalue weighted by Crippen LogP contribution is -2.34. The Morgan fingerprint density at radius 2 is 1.71 bits per heavy atom. The third-order valence-electron chi connectivity index (χ3n) is 5.28. The number of benzene rings is 2. The van der Waals surface area contributed by atoms with Gasteiger partial charge in [0, 0.05) is 5.92 Å². The molecule has 3 rings (SSSR count). The van der Waals surface area contributed by atoms with Crippen LogP contribution in [-0.2, 0) is 20.7 Å². The van der Waals surface area contributed by atoms with E-state index >= 15 is 0 Å². The standard InChI is InChI=1S/C24H26O4/c1-4-16-6-8-18(9-7-16)21-14-19(17-10-12-20(27-3)13-11-17)15-22(25)23(21)24(26)28-5-2/h6-13,15,21,23H,4-5,14H2,1-3H3/t21-,23-/m0/s1. The average molecular weight is 378 g/mol. The molecule has 0 unspecified atom stereocenters. The Morgan fingerprint density at radius 3 is 2.29 bits per heavy atom. The SMILES string of the molecule is CCOC(=O)[C@@H]1C(=O)C=C(c2ccc(OC)cc2)C[C@H]1c1ccc(CC)cc1. The van der Waals surface area contributed by atoms with Gasteiger partial charge in [0.25, 0.3) is 0 Å². The van der Waals surface area contributed by atoms with Crippen molar-refractivity contribution < 1.29 is 19.1 Å². The first-order valence-electron chi connectivity index (χ1n) is 9.71. The van der Waals surface area contributed by atoms with Crippen LogP contribution in [0.25, 0.3) is 5.57 Å². The van der Waals surface area contributed by atoms with Crippen LogP contribution in [0.5, 0.6) is 5.75 Å². The zero-order valence-electron chi connectivity index (χ0n) is 16.6. The van der Waals surface area contributed by atoms with Crippen LogP contribution in [0.15, 0.2) is 54.6 Å². The Labute approximate surface area is 166 Å². The minimum atomic E-state index is -0.797. The minimum absolute atomic E-state index is 0.194. The normalized spacial score (nSPS) is 19.1. The fourth-order valence-electron chi connectivity index (χ4n) is 3.70. The van der Waals surface area contributed by atoms with Crippen LogP contribution in [0.4, 0.5) is 0 Å². The van der Waals surface area contributed by atoms with Crippen molar-refractivity contribution in [2.75, 3.05) is 13.7 Å². The van der Waals surface area contributed by atoms with E-state index in [1.165, 1.54) is 5.56 Å². The number of hydrogen-bond donors (Lipinski definition) is 0. The average Bonchev–Trinajstić information content (AvgIpc) is 2.73. The van der Waals surface area contributed by atoms with Gasteiger partial charge in [-0.3, -0.25) is 9.59 Å². The van der Waals surface area contributed by atoms with E-state index in [1.54, 1.807) is 20.1 Å². The first-order chi connectivity index (χ1) is 13.6. The highest BCUT2D eigenvalue weighted by molar-refractivity contribution is 6.10. The van der Waals surface area contributed by atoms with Gasteiger partial charge in [-0.15, -0.1) is 0 Å². The monoisotopic (exact) mass is 378 g/mol. The summed E-state index contributed by atoms with van der Waals surface area (Å²) in [5.41, 5.74) is 4.11. The molecule has 1 aliphatic rings. The van der Waals surface area contributed by atoms with Crippen LogP contribution in [0.1, 0.15) is 42.9 Å². The molecule has 2 atom stereocenters. The van der Waals surface area contributed by atoms with E-state index in [1.807, 2.05) is 36.4 Å². The topological polar surface area (TPSA) is 52.6 Å². The molecule has 0 N–H and O–H groups in total. The highest BCUT2D eigenvalue weighted by atomic mass is 16.5. The van der Waals surface area contributed by atoms with E-state index in [-0.39, 0.29) is 18.3 Å². The molecule has 0 saturated heterocycles. The van der Waals surface area contributed by atoms with Crippen molar-refractivity contribution in [1.82, 2.24) is 0 Å². The zero-order valence-corrected chi connectivity index (χ0v) is 16.6. The summed E-state index contributed by atoms with van der Waals surface area (Å²) in [5.74, 6) is -0.904. The van der Waals surface area contributed by atoms with Crippen LogP contribution in [-0.4, -0.2) is 25.5 Å². The van der Waals surface area contributed by atoms with Crippen LogP contribution < -0.4 is 4.74 Å². The Balaban J connectivity index is 1.98. The zero-order chi connectivity index (χ0) is 20.1. The Bertz CT molecular complexity index is 862. The summed E-state index contributed by atoms with van der Waals surface area (Å²) in [4.78, 5) is 25.5. The quantitative estimate of drug-likeness (QED) is 0.545. The summed E-state index contributed by atoms with van der Waals surface area (Å²) in [7, 11) is 1.62. The fraction of sp³-hybridized carbons (Fsp3) is 0.333. The molecule has 1 aliphatic carbocycles. The minimum Gasteiger partial charge on any atom is -0.497 e. The summed E-state index contributed by atoms with van der Waals surface area (Å²) in [6.07, 6.45) is 3.15. The molecule has 2 aromatic carbocycles. The molecule has 0 fully saturated rings. The van der Waals surface area contributed by atoms with Gasteiger partial charge in [0.15, 0.2) is 5.78 Å². The van der Waals surface area contributed by atoms with Crippen LogP contribution in [0.3, 0.4) is 0 Å². The number of ether oxygens (including phenoxy) is 2.